The average molecular weight is 251 g/mol. The van der Waals surface area contributed by atoms with Crippen LogP contribution >= 0.6 is 11.8 Å². The van der Waals surface area contributed by atoms with E-state index in [4.69, 9.17) is 0 Å². The highest BCUT2D eigenvalue weighted by Gasteiger charge is 1.96. The number of unbranched alkanes of at least 4 members (excludes halogenated alkanes) is 1. The average Bonchev–Trinajstić information content (AvgIpc) is 2.26. The Morgan fingerprint density at radius 1 is 1.06 bits per heavy atom. The van der Waals surface area contributed by atoms with E-state index in [1.165, 1.54) is 41.8 Å². The molecule has 1 rings (SSSR count). The molecule has 1 aromatic rings. The lowest BCUT2D eigenvalue weighted by atomic mass is 10.1. The molecule has 0 aliphatic carbocycles. The van der Waals surface area contributed by atoms with E-state index in [2.05, 4.69) is 44.3 Å². The van der Waals surface area contributed by atoms with Crippen LogP contribution < -0.4 is 5.32 Å². The number of benzene rings is 1. The van der Waals surface area contributed by atoms with E-state index in [9.17, 15) is 0 Å². The van der Waals surface area contributed by atoms with Crippen molar-refractivity contribution in [3.05, 3.63) is 34.9 Å². The minimum atomic E-state index is 1.13. The molecule has 0 aliphatic heterocycles. The van der Waals surface area contributed by atoms with E-state index in [-0.39, 0.29) is 0 Å². The fourth-order valence-electron chi connectivity index (χ4n) is 1.91. The molecule has 0 aliphatic rings. The van der Waals surface area contributed by atoms with Gasteiger partial charge in [0.05, 0.1) is 0 Å². The molecule has 1 aromatic carbocycles. The van der Waals surface area contributed by atoms with Crippen LogP contribution in [0.4, 0.5) is 0 Å². The molecule has 0 bridgehead atoms. The maximum absolute atomic E-state index is 3.47. The molecule has 0 amide bonds. The Bertz CT molecular complexity index is 302. The van der Waals surface area contributed by atoms with Crippen LogP contribution in [0.5, 0.6) is 0 Å². The van der Waals surface area contributed by atoms with Gasteiger partial charge in [0.1, 0.15) is 0 Å². The van der Waals surface area contributed by atoms with Crippen molar-refractivity contribution in [1.29, 1.82) is 0 Å². The van der Waals surface area contributed by atoms with E-state index in [1.54, 1.807) is 0 Å². The molecule has 0 heterocycles. The summed E-state index contributed by atoms with van der Waals surface area (Å²) in [7, 11) is 0. The van der Waals surface area contributed by atoms with E-state index < -0.39 is 0 Å². The lowest BCUT2D eigenvalue weighted by molar-refractivity contribution is 0.666. The van der Waals surface area contributed by atoms with Crippen molar-refractivity contribution in [2.75, 3.05) is 18.8 Å². The van der Waals surface area contributed by atoms with Gasteiger partial charge in [0, 0.05) is 18.1 Å². The molecule has 2 heteroatoms. The Balaban J connectivity index is 2.13. The monoisotopic (exact) mass is 251 g/mol. The maximum atomic E-state index is 3.47. The minimum absolute atomic E-state index is 1.13. The van der Waals surface area contributed by atoms with Crippen LogP contribution in [0.2, 0.25) is 0 Å². The Labute approximate surface area is 110 Å². The third kappa shape index (κ3) is 6.75. The fraction of sp³-hybridized carbons (Fsp3) is 0.600. The largest absolute Gasteiger partial charge is 0.316 e. The summed E-state index contributed by atoms with van der Waals surface area (Å²) in [5.74, 6) is 2.34. The molecule has 0 atom stereocenters. The van der Waals surface area contributed by atoms with Crippen LogP contribution in [0.3, 0.4) is 0 Å². The third-order valence-corrected chi connectivity index (χ3v) is 3.71. The molecule has 0 saturated heterocycles. The SMILES string of the molecule is CCCCNCCSCc1cc(C)cc(C)c1. The summed E-state index contributed by atoms with van der Waals surface area (Å²) in [6.45, 7) is 8.88. The highest BCUT2D eigenvalue weighted by atomic mass is 32.2. The predicted molar refractivity (Wildman–Crippen MR) is 79.9 cm³/mol. The second-order valence-electron chi connectivity index (χ2n) is 4.65. The number of rotatable bonds is 8. The highest BCUT2D eigenvalue weighted by molar-refractivity contribution is 7.98. The summed E-state index contributed by atoms with van der Waals surface area (Å²) in [5, 5.41) is 3.47. The minimum Gasteiger partial charge on any atom is -0.316 e. The predicted octanol–water partition coefficient (Wildman–Crippen LogP) is 3.93. The van der Waals surface area contributed by atoms with Gasteiger partial charge >= 0.3 is 0 Å². The Morgan fingerprint density at radius 2 is 1.76 bits per heavy atom. The number of hydrogen-bond donors (Lipinski definition) is 1. The molecular weight excluding hydrogens is 226 g/mol. The van der Waals surface area contributed by atoms with E-state index >= 15 is 0 Å². The number of hydrogen-bond acceptors (Lipinski definition) is 2. The summed E-state index contributed by atoms with van der Waals surface area (Å²) in [5.41, 5.74) is 4.21. The molecule has 0 spiro atoms. The molecular formula is C15H25NS. The Kier molecular flexibility index (Phi) is 7.38. The van der Waals surface area contributed by atoms with Crippen molar-refractivity contribution >= 4 is 11.8 Å². The molecule has 17 heavy (non-hydrogen) atoms. The van der Waals surface area contributed by atoms with Crippen LogP contribution in [-0.4, -0.2) is 18.8 Å². The summed E-state index contributed by atoms with van der Waals surface area (Å²) in [4.78, 5) is 0. The molecule has 96 valence electrons. The normalized spacial score (nSPS) is 10.8. The molecule has 0 radical (unpaired) electrons. The zero-order valence-corrected chi connectivity index (χ0v) is 12.2. The summed E-state index contributed by atoms with van der Waals surface area (Å²) in [6.07, 6.45) is 2.57. The van der Waals surface area contributed by atoms with Crippen molar-refractivity contribution in [2.45, 2.75) is 39.4 Å². The Hall–Kier alpha value is -0.470. The topological polar surface area (TPSA) is 12.0 Å². The lowest BCUT2D eigenvalue weighted by Gasteiger charge is -2.06. The Morgan fingerprint density at radius 3 is 2.41 bits per heavy atom. The quantitative estimate of drug-likeness (QED) is 0.703. The maximum Gasteiger partial charge on any atom is 0.0185 e. The van der Waals surface area contributed by atoms with Gasteiger partial charge in [-0.15, -0.1) is 0 Å². The summed E-state index contributed by atoms with van der Waals surface area (Å²) < 4.78 is 0. The van der Waals surface area contributed by atoms with Crippen molar-refractivity contribution in [3.8, 4) is 0 Å². The smallest absolute Gasteiger partial charge is 0.0185 e. The summed E-state index contributed by atoms with van der Waals surface area (Å²) in [6, 6.07) is 6.83. The first-order valence-corrected chi connectivity index (χ1v) is 7.73. The van der Waals surface area contributed by atoms with Crippen molar-refractivity contribution in [1.82, 2.24) is 5.32 Å². The van der Waals surface area contributed by atoms with Crippen LogP contribution in [0, 0.1) is 13.8 Å². The molecule has 0 aromatic heterocycles. The second kappa shape index (κ2) is 8.60. The molecule has 1 nitrogen and oxygen atoms in total. The first kappa shape index (κ1) is 14.6. The van der Waals surface area contributed by atoms with Gasteiger partial charge in [-0.1, -0.05) is 42.7 Å². The van der Waals surface area contributed by atoms with Crippen molar-refractivity contribution in [2.24, 2.45) is 0 Å². The fourth-order valence-corrected chi connectivity index (χ4v) is 2.75. The van der Waals surface area contributed by atoms with Gasteiger partial charge < -0.3 is 5.32 Å². The van der Waals surface area contributed by atoms with Gasteiger partial charge in [-0.3, -0.25) is 0 Å². The molecule has 0 saturated carbocycles. The standard InChI is InChI=1S/C15H25NS/c1-4-5-6-16-7-8-17-12-15-10-13(2)9-14(3)11-15/h9-11,16H,4-8,12H2,1-3H3. The first-order valence-electron chi connectivity index (χ1n) is 6.58. The van der Waals surface area contributed by atoms with Crippen LogP contribution in [-0.2, 0) is 5.75 Å². The lowest BCUT2D eigenvalue weighted by Crippen LogP contribution is -2.18. The van der Waals surface area contributed by atoms with E-state index in [0.29, 0.717) is 0 Å². The van der Waals surface area contributed by atoms with Crippen LogP contribution in [0.1, 0.15) is 36.5 Å². The van der Waals surface area contributed by atoms with Gasteiger partial charge in [-0.2, -0.15) is 11.8 Å². The van der Waals surface area contributed by atoms with Gasteiger partial charge in [-0.25, -0.2) is 0 Å². The third-order valence-electron chi connectivity index (χ3n) is 2.68. The summed E-state index contributed by atoms with van der Waals surface area (Å²) >= 11 is 2.02. The van der Waals surface area contributed by atoms with Crippen LogP contribution in [0.25, 0.3) is 0 Å². The highest BCUT2D eigenvalue weighted by Crippen LogP contribution is 2.15. The van der Waals surface area contributed by atoms with Crippen LogP contribution in [0.15, 0.2) is 18.2 Å². The van der Waals surface area contributed by atoms with E-state index in [0.717, 1.165) is 12.3 Å². The van der Waals surface area contributed by atoms with Gasteiger partial charge in [-0.05, 0) is 32.4 Å². The van der Waals surface area contributed by atoms with Gasteiger partial charge in [0.2, 0.25) is 0 Å². The number of aryl methyl sites for hydroxylation is 2. The second-order valence-corrected chi connectivity index (χ2v) is 5.76. The number of thioether (sulfide) groups is 1. The van der Waals surface area contributed by atoms with Gasteiger partial charge in [0.25, 0.3) is 0 Å². The van der Waals surface area contributed by atoms with Crippen molar-refractivity contribution in [3.63, 3.8) is 0 Å². The zero-order chi connectivity index (χ0) is 12.5. The first-order chi connectivity index (χ1) is 8.22. The molecule has 1 N–H and O–H groups in total. The number of nitrogens with one attached hydrogen (secondary N) is 1. The zero-order valence-electron chi connectivity index (χ0n) is 11.4. The van der Waals surface area contributed by atoms with Gasteiger partial charge in [0.15, 0.2) is 0 Å². The van der Waals surface area contributed by atoms with Crippen molar-refractivity contribution < 1.29 is 0 Å². The molecule has 0 fully saturated rings. The molecule has 0 unspecified atom stereocenters. The van der Waals surface area contributed by atoms with E-state index in [1.807, 2.05) is 11.8 Å².